The molecule has 6 heteroatoms. The molecule has 84 valence electrons. The number of carboxylic acid groups (broad SMARTS) is 1. The zero-order valence-corrected chi connectivity index (χ0v) is 9.32. The minimum absolute atomic E-state index is 0.168. The molecule has 0 atom stereocenters. The zero-order chi connectivity index (χ0) is 11.7. The van der Waals surface area contributed by atoms with Crippen LogP contribution < -0.4 is 5.32 Å². The van der Waals surface area contributed by atoms with Crippen molar-refractivity contribution in [3.8, 4) is 0 Å². The smallest absolute Gasteiger partial charge is 0.322 e. The predicted molar refractivity (Wildman–Crippen MR) is 61.8 cm³/mol. The molecule has 0 amide bonds. The predicted octanol–water partition coefficient (Wildman–Crippen LogP) is 1.72. The van der Waals surface area contributed by atoms with Gasteiger partial charge in [-0.15, -0.1) is 0 Å². The first-order valence-electron chi connectivity index (χ1n) is 4.66. The number of aliphatic carboxylic acids is 1. The summed E-state index contributed by atoms with van der Waals surface area (Å²) < 4.78 is 1.68. The highest BCUT2D eigenvalue weighted by atomic mass is 35.5. The van der Waals surface area contributed by atoms with Crippen LogP contribution in [0.2, 0.25) is 5.02 Å². The topological polar surface area (TPSA) is 67.2 Å². The number of hydrogen-bond donors (Lipinski definition) is 2. The number of carboxylic acids is 1. The molecule has 0 aliphatic rings. The molecular formula is C10H10ClN3O2. The first-order valence-corrected chi connectivity index (χ1v) is 5.03. The molecule has 0 saturated carbocycles. The van der Waals surface area contributed by atoms with Crippen LogP contribution in [0.4, 0.5) is 5.82 Å². The number of nitrogens with zero attached hydrogens (tertiary/aromatic N) is 2. The molecule has 0 aliphatic carbocycles. The van der Waals surface area contributed by atoms with Crippen LogP contribution in [0.25, 0.3) is 10.9 Å². The van der Waals surface area contributed by atoms with E-state index in [0.29, 0.717) is 10.8 Å². The Morgan fingerprint density at radius 2 is 2.38 bits per heavy atom. The Labute approximate surface area is 96.6 Å². The molecule has 0 spiro atoms. The molecular weight excluding hydrogens is 230 g/mol. The summed E-state index contributed by atoms with van der Waals surface area (Å²) in [7, 11) is 1.79. The van der Waals surface area contributed by atoms with E-state index in [1.165, 1.54) is 0 Å². The van der Waals surface area contributed by atoms with E-state index in [4.69, 9.17) is 16.7 Å². The van der Waals surface area contributed by atoms with E-state index < -0.39 is 5.97 Å². The Kier molecular flexibility index (Phi) is 2.70. The number of anilines is 1. The highest BCUT2D eigenvalue weighted by Crippen LogP contribution is 2.25. The van der Waals surface area contributed by atoms with Gasteiger partial charge in [-0.3, -0.25) is 9.48 Å². The van der Waals surface area contributed by atoms with Crippen molar-refractivity contribution in [1.82, 2.24) is 9.78 Å². The molecule has 1 aromatic heterocycles. The lowest BCUT2D eigenvalue weighted by Gasteiger charge is -1.98. The number of nitrogens with one attached hydrogen (secondary N) is 1. The summed E-state index contributed by atoms with van der Waals surface area (Å²) >= 11 is 5.88. The third kappa shape index (κ3) is 1.94. The van der Waals surface area contributed by atoms with Gasteiger partial charge in [-0.25, -0.2) is 0 Å². The SMILES string of the molecule is Cn1nc(NCC(=O)O)c2cc(Cl)ccc21. The molecule has 0 saturated heterocycles. The molecule has 16 heavy (non-hydrogen) atoms. The van der Waals surface area contributed by atoms with Gasteiger partial charge < -0.3 is 10.4 Å². The van der Waals surface area contributed by atoms with E-state index >= 15 is 0 Å². The minimum atomic E-state index is -0.930. The monoisotopic (exact) mass is 239 g/mol. The summed E-state index contributed by atoms with van der Waals surface area (Å²) in [4.78, 5) is 10.5. The lowest BCUT2D eigenvalue weighted by molar-refractivity contribution is -0.134. The highest BCUT2D eigenvalue weighted by molar-refractivity contribution is 6.31. The zero-order valence-electron chi connectivity index (χ0n) is 8.57. The molecule has 5 nitrogen and oxygen atoms in total. The number of fused-ring (bicyclic) bond motifs is 1. The summed E-state index contributed by atoms with van der Waals surface area (Å²) in [6.45, 7) is -0.168. The second-order valence-electron chi connectivity index (χ2n) is 3.38. The maximum atomic E-state index is 10.5. The fraction of sp³-hybridized carbons (Fsp3) is 0.200. The molecule has 2 N–H and O–H groups in total. The van der Waals surface area contributed by atoms with Crippen LogP contribution in [0, 0.1) is 0 Å². The van der Waals surface area contributed by atoms with E-state index in [9.17, 15) is 4.79 Å². The Morgan fingerprint density at radius 3 is 3.06 bits per heavy atom. The van der Waals surface area contributed by atoms with Crippen molar-refractivity contribution in [3.63, 3.8) is 0 Å². The molecule has 0 radical (unpaired) electrons. The van der Waals surface area contributed by atoms with Gasteiger partial charge in [-0.1, -0.05) is 11.6 Å². The van der Waals surface area contributed by atoms with E-state index in [1.807, 2.05) is 6.07 Å². The summed E-state index contributed by atoms with van der Waals surface area (Å²) in [5.41, 5.74) is 0.900. The van der Waals surface area contributed by atoms with Crippen molar-refractivity contribution < 1.29 is 9.90 Å². The van der Waals surface area contributed by atoms with Crippen LogP contribution in [0.15, 0.2) is 18.2 Å². The molecule has 2 rings (SSSR count). The number of halogens is 1. The number of aryl methyl sites for hydroxylation is 1. The first kappa shape index (κ1) is 10.8. The van der Waals surface area contributed by atoms with Gasteiger partial charge in [-0.2, -0.15) is 5.10 Å². The van der Waals surface area contributed by atoms with Crippen LogP contribution in [-0.4, -0.2) is 27.4 Å². The van der Waals surface area contributed by atoms with Crippen LogP contribution in [-0.2, 0) is 11.8 Å². The molecule has 0 bridgehead atoms. The Bertz CT molecular complexity index is 550. The summed E-state index contributed by atoms with van der Waals surface area (Å²) in [6.07, 6.45) is 0. The Morgan fingerprint density at radius 1 is 1.62 bits per heavy atom. The summed E-state index contributed by atoms with van der Waals surface area (Å²) in [6, 6.07) is 5.37. The average molecular weight is 240 g/mol. The van der Waals surface area contributed by atoms with Crippen molar-refractivity contribution in [2.75, 3.05) is 11.9 Å². The average Bonchev–Trinajstić information content (AvgIpc) is 2.52. The fourth-order valence-corrected chi connectivity index (χ4v) is 1.70. The van der Waals surface area contributed by atoms with E-state index in [0.717, 1.165) is 10.9 Å². The number of carbonyl (C=O) groups is 1. The lowest BCUT2D eigenvalue weighted by Crippen LogP contribution is -2.12. The van der Waals surface area contributed by atoms with Gasteiger partial charge in [0.1, 0.15) is 6.54 Å². The van der Waals surface area contributed by atoms with Gasteiger partial charge in [0.25, 0.3) is 0 Å². The fourth-order valence-electron chi connectivity index (χ4n) is 1.53. The van der Waals surface area contributed by atoms with Crippen molar-refractivity contribution in [2.45, 2.75) is 0 Å². The van der Waals surface area contributed by atoms with Gasteiger partial charge in [0.15, 0.2) is 5.82 Å². The van der Waals surface area contributed by atoms with Crippen molar-refractivity contribution in [3.05, 3.63) is 23.2 Å². The second kappa shape index (κ2) is 4.02. The van der Waals surface area contributed by atoms with Gasteiger partial charge in [0, 0.05) is 17.5 Å². The Hall–Kier alpha value is -1.75. The molecule has 1 aromatic carbocycles. The van der Waals surface area contributed by atoms with Crippen LogP contribution >= 0.6 is 11.6 Å². The standard InChI is InChI=1S/C10H10ClN3O2/c1-14-8-3-2-6(11)4-7(8)10(13-14)12-5-9(15)16/h2-4H,5H2,1H3,(H,12,13)(H,15,16). The van der Waals surface area contributed by atoms with E-state index in [1.54, 1.807) is 23.9 Å². The quantitative estimate of drug-likeness (QED) is 0.856. The van der Waals surface area contributed by atoms with Crippen LogP contribution in [0.3, 0.4) is 0 Å². The van der Waals surface area contributed by atoms with Gasteiger partial charge in [0.05, 0.1) is 5.52 Å². The molecule has 0 aliphatic heterocycles. The van der Waals surface area contributed by atoms with Crippen LogP contribution in [0.1, 0.15) is 0 Å². The number of hydrogen-bond acceptors (Lipinski definition) is 3. The Balaban J connectivity index is 2.44. The van der Waals surface area contributed by atoms with Gasteiger partial charge in [0.2, 0.25) is 0 Å². The van der Waals surface area contributed by atoms with E-state index in [-0.39, 0.29) is 6.54 Å². The van der Waals surface area contributed by atoms with Crippen molar-refractivity contribution >= 4 is 34.3 Å². The first-order chi connectivity index (χ1) is 7.58. The third-order valence-electron chi connectivity index (χ3n) is 2.22. The van der Waals surface area contributed by atoms with Crippen molar-refractivity contribution in [2.24, 2.45) is 7.05 Å². The number of benzene rings is 1. The number of rotatable bonds is 3. The number of aromatic nitrogens is 2. The largest absolute Gasteiger partial charge is 0.480 e. The maximum absolute atomic E-state index is 10.5. The normalized spacial score (nSPS) is 10.6. The van der Waals surface area contributed by atoms with Crippen molar-refractivity contribution in [1.29, 1.82) is 0 Å². The third-order valence-corrected chi connectivity index (χ3v) is 2.45. The van der Waals surface area contributed by atoms with Crippen LogP contribution in [0.5, 0.6) is 0 Å². The molecule has 2 aromatic rings. The summed E-state index contributed by atoms with van der Waals surface area (Å²) in [5, 5.41) is 16.9. The minimum Gasteiger partial charge on any atom is -0.480 e. The van der Waals surface area contributed by atoms with Gasteiger partial charge in [-0.05, 0) is 18.2 Å². The summed E-state index contributed by atoms with van der Waals surface area (Å²) in [5.74, 6) is -0.400. The lowest BCUT2D eigenvalue weighted by atomic mass is 10.2. The van der Waals surface area contributed by atoms with E-state index in [2.05, 4.69) is 10.4 Å². The van der Waals surface area contributed by atoms with Gasteiger partial charge >= 0.3 is 5.97 Å². The highest BCUT2D eigenvalue weighted by Gasteiger charge is 2.09. The second-order valence-corrected chi connectivity index (χ2v) is 3.82. The molecule has 0 unspecified atom stereocenters. The molecule has 0 fully saturated rings. The molecule has 1 heterocycles. The maximum Gasteiger partial charge on any atom is 0.322 e.